The van der Waals surface area contributed by atoms with Gasteiger partial charge in [0.05, 0.1) is 0 Å². The van der Waals surface area contributed by atoms with Gasteiger partial charge in [0.15, 0.2) is 6.61 Å². The molecule has 0 aromatic rings. The lowest BCUT2D eigenvalue weighted by Crippen LogP contribution is -2.09. The zero-order valence-electron chi connectivity index (χ0n) is 4.44. The lowest BCUT2D eigenvalue weighted by Gasteiger charge is -1.95. The third-order valence-corrected chi connectivity index (χ3v) is 0.746. The highest BCUT2D eigenvalue weighted by Gasteiger charge is 1.96. The first kappa shape index (κ1) is 8.64. The zero-order valence-corrected chi connectivity index (χ0v) is 6.15. The molecule has 0 bridgehead atoms. The number of hydrogen-bond acceptors (Lipinski definition) is 4. The van der Waals surface area contributed by atoms with E-state index < -0.39 is 4.92 Å². The molecule has 0 saturated heterocycles. The number of thiocarbonyl (C=S) groups is 1. The Morgan fingerprint density at radius 1 is 1.89 bits per heavy atom. The molecule has 0 aromatic heterocycles. The predicted molar refractivity (Wildman–Crippen MR) is 39.4 cm³/mol. The minimum Gasteiger partial charge on any atom is -0.472 e. The second-order valence-corrected chi connectivity index (χ2v) is 2.25. The zero-order chi connectivity index (χ0) is 7.28. The lowest BCUT2D eigenvalue weighted by molar-refractivity contribution is -0.481. The molecule has 0 atom stereocenters. The molecule has 0 spiro atoms. The van der Waals surface area contributed by atoms with Gasteiger partial charge >= 0.3 is 0 Å². The first-order chi connectivity index (χ1) is 4.13. The summed E-state index contributed by atoms with van der Waals surface area (Å²) in [4.78, 5) is 9.16. The Bertz CT molecular complexity index is 112. The van der Waals surface area contributed by atoms with E-state index in [1.54, 1.807) is 0 Å². The second-order valence-electron chi connectivity index (χ2n) is 1.17. The molecule has 52 valence electrons. The number of ether oxygens (including phenoxy) is 1. The summed E-state index contributed by atoms with van der Waals surface area (Å²) in [5.41, 5.74) is 0. The highest BCUT2D eigenvalue weighted by Crippen LogP contribution is 1.85. The van der Waals surface area contributed by atoms with Gasteiger partial charge < -0.3 is 4.74 Å². The van der Waals surface area contributed by atoms with E-state index in [1.165, 1.54) is 0 Å². The summed E-state index contributed by atoms with van der Waals surface area (Å²) in [7, 11) is 0. The van der Waals surface area contributed by atoms with E-state index in [-0.39, 0.29) is 17.5 Å². The standard InChI is InChI=1S/C3H5NO3S2/c5-4(6)1-2-7-3(8)9/h1-2H2,(H,8,9). The van der Waals surface area contributed by atoms with Gasteiger partial charge in [0.2, 0.25) is 10.9 Å². The van der Waals surface area contributed by atoms with Crippen molar-refractivity contribution in [3.05, 3.63) is 10.1 Å². The molecular formula is C3H5NO3S2. The molecule has 0 aliphatic heterocycles. The van der Waals surface area contributed by atoms with Crippen LogP contribution in [0.15, 0.2) is 0 Å². The van der Waals surface area contributed by atoms with Crippen LogP contribution in [0.5, 0.6) is 0 Å². The summed E-state index contributed by atoms with van der Waals surface area (Å²) >= 11 is 7.95. The average molecular weight is 167 g/mol. The van der Waals surface area contributed by atoms with E-state index in [0.29, 0.717) is 0 Å². The molecule has 0 amide bonds. The van der Waals surface area contributed by atoms with Crippen LogP contribution in [-0.4, -0.2) is 22.5 Å². The van der Waals surface area contributed by atoms with Crippen LogP contribution in [0.1, 0.15) is 0 Å². The lowest BCUT2D eigenvalue weighted by atomic mass is 10.7. The molecule has 0 saturated carbocycles. The molecule has 0 aliphatic carbocycles. The van der Waals surface area contributed by atoms with Gasteiger partial charge in [-0.05, 0) is 12.2 Å². The summed E-state index contributed by atoms with van der Waals surface area (Å²) in [6.07, 6.45) is 0. The van der Waals surface area contributed by atoms with Crippen LogP contribution < -0.4 is 0 Å². The van der Waals surface area contributed by atoms with Gasteiger partial charge in [0.25, 0.3) is 0 Å². The van der Waals surface area contributed by atoms with Crippen molar-refractivity contribution in [1.82, 2.24) is 0 Å². The number of rotatable bonds is 3. The molecular weight excluding hydrogens is 162 g/mol. The maximum atomic E-state index is 9.64. The van der Waals surface area contributed by atoms with E-state index >= 15 is 0 Å². The molecule has 0 heterocycles. The van der Waals surface area contributed by atoms with Gasteiger partial charge in [0, 0.05) is 4.92 Å². The molecule has 6 heteroatoms. The third kappa shape index (κ3) is 7.64. The third-order valence-electron chi connectivity index (χ3n) is 0.499. The smallest absolute Gasteiger partial charge is 0.237 e. The van der Waals surface area contributed by atoms with E-state index in [0.717, 1.165) is 0 Å². The van der Waals surface area contributed by atoms with Gasteiger partial charge in [-0.1, -0.05) is 12.6 Å². The highest BCUT2D eigenvalue weighted by atomic mass is 32.1. The Morgan fingerprint density at radius 2 is 2.44 bits per heavy atom. The fourth-order valence-electron chi connectivity index (χ4n) is 0.207. The van der Waals surface area contributed by atoms with Crippen LogP contribution >= 0.6 is 24.8 Å². The molecule has 0 fully saturated rings. The van der Waals surface area contributed by atoms with Crippen LogP contribution in [0.3, 0.4) is 0 Å². The molecule has 4 nitrogen and oxygen atoms in total. The Kier molecular flexibility index (Phi) is 4.33. The fourth-order valence-corrected chi connectivity index (χ4v) is 0.382. The van der Waals surface area contributed by atoms with E-state index in [2.05, 4.69) is 29.6 Å². The molecule has 0 aromatic carbocycles. The predicted octanol–water partition coefficient (Wildman–Crippen LogP) is 0.494. The van der Waals surface area contributed by atoms with Crippen LogP contribution in [0.2, 0.25) is 0 Å². The molecule has 0 rings (SSSR count). The summed E-state index contributed by atoms with van der Waals surface area (Å²) in [5.74, 6) is 0. The maximum Gasteiger partial charge on any atom is 0.237 e. The number of nitro groups is 1. The van der Waals surface area contributed by atoms with Crippen LogP contribution in [0.4, 0.5) is 0 Å². The Balaban J connectivity index is 3.10. The van der Waals surface area contributed by atoms with Gasteiger partial charge in [-0.3, -0.25) is 10.1 Å². The number of nitrogens with zero attached hydrogens (tertiary/aromatic N) is 1. The van der Waals surface area contributed by atoms with Crippen molar-refractivity contribution in [2.24, 2.45) is 0 Å². The minimum atomic E-state index is -0.480. The fraction of sp³-hybridized carbons (Fsp3) is 0.667. The van der Waals surface area contributed by atoms with Crippen LogP contribution in [-0.2, 0) is 4.74 Å². The van der Waals surface area contributed by atoms with Crippen molar-refractivity contribution in [3.63, 3.8) is 0 Å². The SMILES string of the molecule is O=[N+]([O-])CCOC(=S)S. The van der Waals surface area contributed by atoms with E-state index in [9.17, 15) is 10.1 Å². The minimum absolute atomic E-state index is 0.00463. The Morgan fingerprint density at radius 3 is 2.78 bits per heavy atom. The first-order valence-electron chi connectivity index (χ1n) is 2.10. The van der Waals surface area contributed by atoms with Crippen LogP contribution in [0, 0.1) is 10.1 Å². The molecule has 0 N–H and O–H groups in total. The van der Waals surface area contributed by atoms with Gasteiger partial charge in [-0.25, -0.2) is 0 Å². The summed E-state index contributed by atoms with van der Waals surface area (Å²) < 4.78 is 4.55. The monoisotopic (exact) mass is 167 g/mol. The summed E-state index contributed by atoms with van der Waals surface area (Å²) in [5, 5.41) is 9.64. The van der Waals surface area contributed by atoms with Crippen molar-refractivity contribution < 1.29 is 9.66 Å². The van der Waals surface area contributed by atoms with Gasteiger partial charge in [-0.2, -0.15) is 0 Å². The van der Waals surface area contributed by atoms with Crippen LogP contribution in [0.25, 0.3) is 0 Å². The first-order valence-corrected chi connectivity index (χ1v) is 2.96. The Labute approximate surface area is 62.7 Å². The second kappa shape index (κ2) is 4.51. The topological polar surface area (TPSA) is 52.4 Å². The van der Waals surface area contributed by atoms with Crippen molar-refractivity contribution in [3.8, 4) is 0 Å². The van der Waals surface area contributed by atoms with Gasteiger partial charge in [0.1, 0.15) is 0 Å². The van der Waals surface area contributed by atoms with E-state index in [1.807, 2.05) is 0 Å². The maximum absolute atomic E-state index is 9.64. The van der Waals surface area contributed by atoms with Crippen molar-refractivity contribution in [2.75, 3.05) is 13.2 Å². The average Bonchev–Trinajstić information content (AvgIpc) is 1.63. The highest BCUT2D eigenvalue weighted by molar-refractivity contribution is 8.10. The molecule has 0 aliphatic rings. The van der Waals surface area contributed by atoms with Crippen molar-refractivity contribution in [2.45, 2.75) is 0 Å². The number of thiol groups is 1. The van der Waals surface area contributed by atoms with Crippen molar-refractivity contribution >= 4 is 29.2 Å². The van der Waals surface area contributed by atoms with Gasteiger partial charge in [-0.15, -0.1) is 0 Å². The summed E-state index contributed by atoms with van der Waals surface area (Å²) in [6, 6.07) is 0. The van der Waals surface area contributed by atoms with Crippen molar-refractivity contribution in [1.29, 1.82) is 0 Å². The normalized spacial score (nSPS) is 8.56. The largest absolute Gasteiger partial charge is 0.472 e. The summed E-state index contributed by atoms with van der Waals surface area (Å²) in [6.45, 7) is -0.240. The molecule has 9 heavy (non-hydrogen) atoms. The quantitative estimate of drug-likeness (QED) is 0.288. The Hall–Kier alpha value is -0.360. The van der Waals surface area contributed by atoms with E-state index in [4.69, 9.17) is 0 Å². The molecule has 0 unspecified atom stereocenters. The number of hydrogen-bond donors (Lipinski definition) is 1. The molecule has 0 radical (unpaired) electrons.